The van der Waals surface area contributed by atoms with Gasteiger partial charge < -0.3 is 14.6 Å². The molecule has 3 rings (SSSR count). The van der Waals surface area contributed by atoms with E-state index in [1.54, 1.807) is 6.20 Å². The van der Waals surface area contributed by atoms with Crippen LogP contribution in [0, 0.1) is 5.92 Å². The Kier molecular flexibility index (Phi) is 5.53. The molecule has 0 atom stereocenters. The minimum absolute atomic E-state index is 0.0193. The van der Waals surface area contributed by atoms with Crippen molar-refractivity contribution in [2.24, 2.45) is 5.92 Å². The first-order valence-electron chi connectivity index (χ1n) is 8.32. The third-order valence-corrected chi connectivity index (χ3v) is 5.16. The lowest BCUT2D eigenvalue weighted by Crippen LogP contribution is -2.39. The molecule has 1 aromatic carbocycles. The Bertz CT molecular complexity index is 749. The second-order valence-corrected chi connectivity index (χ2v) is 7.14. The molecule has 1 amide bonds. The molecule has 2 aromatic rings. The lowest BCUT2D eigenvalue weighted by atomic mass is 9.92. The van der Waals surface area contributed by atoms with Crippen LogP contribution in [0.3, 0.4) is 0 Å². The van der Waals surface area contributed by atoms with Crippen molar-refractivity contribution in [3.05, 3.63) is 52.5 Å². The monoisotopic (exact) mass is 405 g/mol. The van der Waals surface area contributed by atoms with Crippen LogP contribution in [0.2, 0.25) is 0 Å². The standard InChI is InChI=1S/C18H20BrN3O3/c19-15-3-1-13(2-4-15)5-9-21-12-8-20-17(21)16(23)14-6-10-22(11-7-14)18(24)25/h1-4,8,12,14H,5-7,9-11H2,(H,24,25). The molecule has 7 heteroatoms. The van der Waals surface area contributed by atoms with Gasteiger partial charge >= 0.3 is 6.09 Å². The number of hydrogen-bond donors (Lipinski definition) is 1. The van der Waals surface area contributed by atoms with Crippen molar-refractivity contribution in [1.29, 1.82) is 0 Å². The zero-order chi connectivity index (χ0) is 17.8. The van der Waals surface area contributed by atoms with Crippen LogP contribution >= 0.6 is 15.9 Å². The molecular weight excluding hydrogens is 386 g/mol. The number of piperidine rings is 1. The molecule has 6 nitrogen and oxygen atoms in total. The molecule has 1 N–H and O–H groups in total. The lowest BCUT2D eigenvalue weighted by molar-refractivity contribution is 0.0807. The summed E-state index contributed by atoms with van der Waals surface area (Å²) in [5.41, 5.74) is 1.20. The van der Waals surface area contributed by atoms with Crippen molar-refractivity contribution in [1.82, 2.24) is 14.5 Å². The number of ketones is 1. The predicted molar refractivity (Wildman–Crippen MR) is 96.7 cm³/mol. The van der Waals surface area contributed by atoms with Crippen LogP contribution in [-0.4, -0.2) is 44.5 Å². The van der Waals surface area contributed by atoms with Gasteiger partial charge in [-0.15, -0.1) is 0 Å². The first-order chi connectivity index (χ1) is 12.0. The minimum atomic E-state index is -0.915. The summed E-state index contributed by atoms with van der Waals surface area (Å²) in [5.74, 6) is 0.348. The van der Waals surface area contributed by atoms with Gasteiger partial charge in [-0.3, -0.25) is 4.79 Å². The molecule has 1 aliphatic heterocycles. The van der Waals surface area contributed by atoms with Gasteiger partial charge in [0.2, 0.25) is 5.78 Å². The van der Waals surface area contributed by atoms with E-state index < -0.39 is 6.09 Å². The van der Waals surface area contributed by atoms with E-state index in [1.165, 1.54) is 10.5 Å². The normalized spacial score (nSPS) is 15.3. The van der Waals surface area contributed by atoms with E-state index in [9.17, 15) is 9.59 Å². The summed E-state index contributed by atoms with van der Waals surface area (Å²) in [6, 6.07) is 8.13. The molecule has 25 heavy (non-hydrogen) atoms. The maximum absolute atomic E-state index is 12.8. The predicted octanol–water partition coefficient (Wildman–Crippen LogP) is 3.46. The van der Waals surface area contributed by atoms with Crippen LogP contribution in [0.1, 0.15) is 29.0 Å². The molecule has 0 aliphatic carbocycles. The van der Waals surface area contributed by atoms with Crippen LogP contribution < -0.4 is 0 Å². The van der Waals surface area contributed by atoms with Crippen LogP contribution in [0.5, 0.6) is 0 Å². The summed E-state index contributed by atoms with van der Waals surface area (Å²) in [7, 11) is 0. The zero-order valence-corrected chi connectivity index (χ0v) is 15.4. The summed E-state index contributed by atoms with van der Waals surface area (Å²) in [4.78, 5) is 29.3. The number of nitrogens with zero attached hydrogens (tertiary/aromatic N) is 3. The zero-order valence-electron chi connectivity index (χ0n) is 13.8. The van der Waals surface area contributed by atoms with Crippen molar-refractivity contribution in [2.45, 2.75) is 25.8 Å². The second kappa shape index (κ2) is 7.82. The Morgan fingerprint density at radius 3 is 2.52 bits per heavy atom. The Morgan fingerprint density at radius 2 is 1.88 bits per heavy atom. The molecular formula is C18H20BrN3O3. The van der Waals surface area contributed by atoms with E-state index >= 15 is 0 Å². The third-order valence-electron chi connectivity index (χ3n) is 4.63. The highest BCUT2D eigenvalue weighted by atomic mass is 79.9. The number of halogens is 1. The van der Waals surface area contributed by atoms with Crippen molar-refractivity contribution in [3.63, 3.8) is 0 Å². The molecule has 1 aromatic heterocycles. The fourth-order valence-corrected chi connectivity index (χ4v) is 3.40. The van der Waals surface area contributed by atoms with Gasteiger partial charge in [0.1, 0.15) is 0 Å². The van der Waals surface area contributed by atoms with Gasteiger partial charge in [0.15, 0.2) is 5.82 Å². The van der Waals surface area contributed by atoms with E-state index in [-0.39, 0.29) is 11.7 Å². The topological polar surface area (TPSA) is 75.4 Å². The van der Waals surface area contributed by atoms with Crippen LogP contribution in [-0.2, 0) is 13.0 Å². The van der Waals surface area contributed by atoms with Gasteiger partial charge in [0, 0.05) is 42.4 Å². The molecule has 1 aliphatic rings. The van der Waals surface area contributed by atoms with Crippen molar-refractivity contribution in [2.75, 3.05) is 13.1 Å². The Labute approximate surface area is 154 Å². The lowest BCUT2D eigenvalue weighted by Gasteiger charge is -2.28. The molecule has 132 valence electrons. The Morgan fingerprint density at radius 1 is 1.20 bits per heavy atom. The third kappa shape index (κ3) is 4.28. The Hall–Kier alpha value is -2.15. The van der Waals surface area contributed by atoms with Crippen LogP contribution in [0.4, 0.5) is 4.79 Å². The van der Waals surface area contributed by atoms with Gasteiger partial charge in [-0.1, -0.05) is 28.1 Å². The average molecular weight is 406 g/mol. The second-order valence-electron chi connectivity index (χ2n) is 6.23. The van der Waals surface area contributed by atoms with Gasteiger partial charge in [-0.2, -0.15) is 0 Å². The van der Waals surface area contributed by atoms with E-state index in [0.29, 0.717) is 38.3 Å². The first-order valence-corrected chi connectivity index (χ1v) is 9.11. The quantitative estimate of drug-likeness (QED) is 0.772. The molecule has 1 fully saturated rings. The van der Waals surface area contributed by atoms with E-state index in [2.05, 4.69) is 33.0 Å². The number of carbonyl (C=O) groups excluding carboxylic acids is 1. The molecule has 1 saturated heterocycles. The maximum atomic E-state index is 12.8. The summed E-state index contributed by atoms with van der Waals surface area (Å²) < 4.78 is 2.94. The summed E-state index contributed by atoms with van der Waals surface area (Å²) >= 11 is 3.42. The first kappa shape index (κ1) is 17.7. The van der Waals surface area contributed by atoms with Gasteiger partial charge in [0.05, 0.1) is 0 Å². The van der Waals surface area contributed by atoms with Crippen LogP contribution in [0.15, 0.2) is 41.1 Å². The smallest absolute Gasteiger partial charge is 0.407 e. The highest BCUT2D eigenvalue weighted by Crippen LogP contribution is 2.21. The highest BCUT2D eigenvalue weighted by molar-refractivity contribution is 9.10. The van der Waals surface area contributed by atoms with E-state index in [0.717, 1.165) is 10.9 Å². The van der Waals surface area contributed by atoms with E-state index in [4.69, 9.17) is 5.11 Å². The molecule has 0 bridgehead atoms. The average Bonchev–Trinajstić information content (AvgIpc) is 3.09. The summed E-state index contributed by atoms with van der Waals surface area (Å²) in [6.45, 7) is 1.51. The van der Waals surface area contributed by atoms with Gasteiger partial charge in [-0.05, 0) is 37.0 Å². The van der Waals surface area contributed by atoms with Gasteiger partial charge in [0.25, 0.3) is 0 Å². The largest absolute Gasteiger partial charge is 0.465 e. The number of amides is 1. The van der Waals surface area contributed by atoms with Crippen molar-refractivity contribution >= 4 is 27.8 Å². The SMILES string of the molecule is O=C(c1nccn1CCc1ccc(Br)cc1)C1CCN(C(=O)O)CC1. The number of aryl methyl sites for hydroxylation is 2. The number of carboxylic acid groups (broad SMARTS) is 1. The van der Waals surface area contributed by atoms with Crippen LogP contribution in [0.25, 0.3) is 0 Å². The summed E-state index contributed by atoms with van der Waals surface area (Å²) in [6.07, 6.45) is 4.51. The fraction of sp³-hybridized carbons (Fsp3) is 0.389. The molecule has 0 saturated carbocycles. The number of aromatic nitrogens is 2. The number of hydrogen-bond acceptors (Lipinski definition) is 3. The van der Waals surface area contributed by atoms with Crippen molar-refractivity contribution < 1.29 is 14.7 Å². The number of Topliss-reactive ketones (excluding diaryl/α,β-unsaturated/α-hetero) is 1. The molecule has 2 heterocycles. The number of likely N-dealkylation sites (tertiary alicyclic amines) is 1. The fourth-order valence-electron chi connectivity index (χ4n) is 3.13. The Balaban J connectivity index is 1.62. The number of rotatable bonds is 5. The van der Waals surface area contributed by atoms with Gasteiger partial charge in [-0.25, -0.2) is 9.78 Å². The molecule has 0 radical (unpaired) electrons. The van der Waals surface area contributed by atoms with Crippen molar-refractivity contribution in [3.8, 4) is 0 Å². The molecule has 0 unspecified atom stereocenters. The maximum Gasteiger partial charge on any atom is 0.407 e. The number of imidazole rings is 1. The van der Waals surface area contributed by atoms with E-state index in [1.807, 2.05) is 22.9 Å². The number of benzene rings is 1. The minimum Gasteiger partial charge on any atom is -0.465 e. The summed E-state index contributed by atoms with van der Waals surface area (Å²) in [5, 5.41) is 9.01. The molecule has 0 spiro atoms. The highest BCUT2D eigenvalue weighted by Gasteiger charge is 2.29. The number of carbonyl (C=O) groups is 2.